The monoisotopic (exact) mass is 1780 g/mol. The van der Waals surface area contributed by atoms with E-state index in [4.69, 9.17) is 4.42 Å². The normalized spacial score (nSPS) is 13.0. The van der Waals surface area contributed by atoms with Gasteiger partial charge in [-0.05, 0) is 323 Å². The van der Waals surface area contributed by atoms with Gasteiger partial charge in [-0.3, -0.25) is 0 Å². The molecule has 141 heavy (non-hydrogen) atoms. The van der Waals surface area contributed by atoms with Crippen molar-refractivity contribution in [3.63, 3.8) is 0 Å². The summed E-state index contributed by atoms with van der Waals surface area (Å²) in [5, 5.41) is 34.0. The number of hydrogen-bond donors (Lipinski definition) is 0. The van der Waals surface area contributed by atoms with E-state index in [2.05, 4.69) is 480 Å². The van der Waals surface area contributed by atoms with Gasteiger partial charge in [0.05, 0.1) is 0 Å². The molecule has 3 aromatic heterocycles. The van der Waals surface area contributed by atoms with Crippen molar-refractivity contribution in [2.45, 2.75) is 0 Å². The van der Waals surface area contributed by atoms with Crippen LogP contribution in [0.15, 0.2) is 465 Å². The van der Waals surface area contributed by atoms with Gasteiger partial charge in [0.25, 0.3) is 0 Å². The molecule has 0 unspecified atom stereocenters. The van der Waals surface area contributed by atoms with Crippen LogP contribution in [0.4, 0.5) is 34.1 Å². The molecule has 0 fully saturated rings. The van der Waals surface area contributed by atoms with Crippen LogP contribution in [0.25, 0.3) is 262 Å². The Labute approximate surface area is 809 Å². The molecule has 33 rings (SSSR count). The smallest absolute Gasteiger partial charge is 0.333 e. The van der Waals surface area contributed by atoms with Gasteiger partial charge in [-0.2, -0.15) is 0 Å². The third kappa shape index (κ3) is 10.4. The zero-order valence-corrected chi connectivity index (χ0v) is 76.2. The third-order valence-corrected chi connectivity index (χ3v) is 32.3. The van der Waals surface area contributed by atoms with E-state index in [1.807, 2.05) is 0 Å². The number of aromatic nitrogens is 2. The predicted molar refractivity (Wildman–Crippen MR) is 601 cm³/mol. The topological polar surface area (TPSA) is 29.5 Å². The number of hydrogen-bond acceptors (Lipinski definition) is 3. The summed E-state index contributed by atoms with van der Waals surface area (Å²) in [7, 11) is 0. The number of anilines is 6. The molecule has 29 aromatic rings. The maximum atomic E-state index is 8.06. The van der Waals surface area contributed by atoms with E-state index in [1.54, 1.807) is 0 Å². The Bertz CT molecular complexity index is 10600. The summed E-state index contributed by atoms with van der Waals surface area (Å²) in [6, 6.07) is 176. The Hall–Kier alpha value is -18.3. The number of nitrogens with zero attached hydrogens (tertiary/aromatic N) is 4. The Morgan fingerprint density at radius 1 is 0.184 bits per heavy atom. The summed E-state index contributed by atoms with van der Waals surface area (Å²) in [5.74, 6) is 0. The molecular formula is C134H76B2N4O. The molecule has 0 bridgehead atoms. The molecule has 0 saturated carbocycles. The highest BCUT2D eigenvalue weighted by Crippen LogP contribution is 2.57. The van der Waals surface area contributed by atoms with Crippen molar-refractivity contribution < 1.29 is 4.42 Å². The molecular weight excluding hydrogens is 1700 g/mol. The molecule has 644 valence electrons. The van der Waals surface area contributed by atoms with Gasteiger partial charge in [0.2, 0.25) is 0 Å². The quantitative estimate of drug-likeness (QED) is 0.0905. The molecule has 0 radical (unpaired) electrons. The standard InChI is InChI=1S/C134H76B2N4O/c1-5-30-77(31-6-1)85-58-86(78-32-7-2-8-33-78)61-93(60-85)137-120-74-92-69-112-106-53-29-52-95(125(106)105-49-24-23-48-103(105)111(112)67-90(92)70-116(120)135-130-122(137)72-83-40-15-16-41-96(83)126(130)114-64-81-38-13-17-42-97(81)127-107-50-25-27-54-118(107)139(135)132(114)127)84-56-57-104-113-76-123-131-129(134(113)141-124(104)75-84)115-65-82-39-14-18-43-98(82)128-108-51-26-28-55-119(108)140(133(115)128)136(131)117-71-89-66-109-101-46-21-19-44-99(101)100-45-20-22-47-102(100)110(109)68-91(89)73-121(117)138(123)94-62-87(79-34-9-3-10-35-79)59-88(63-94)80-36-11-4-12-37-80/h1-76H. The van der Waals surface area contributed by atoms with Gasteiger partial charge in [-0.25, -0.2) is 0 Å². The van der Waals surface area contributed by atoms with E-state index in [-0.39, 0.29) is 13.7 Å². The number of furan rings is 1. The van der Waals surface area contributed by atoms with Crippen LogP contribution in [0.5, 0.6) is 0 Å². The van der Waals surface area contributed by atoms with Gasteiger partial charge < -0.3 is 23.2 Å². The van der Waals surface area contributed by atoms with Crippen LogP contribution >= 0.6 is 0 Å². The van der Waals surface area contributed by atoms with Gasteiger partial charge >= 0.3 is 13.7 Å². The van der Waals surface area contributed by atoms with E-state index < -0.39 is 0 Å². The van der Waals surface area contributed by atoms with Crippen LogP contribution in [0.2, 0.25) is 0 Å². The highest BCUT2D eigenvalue weighted by atomic mass is 16.3. The number of benzene rings is 26. The maximum Gasteiger partial charge on any atom is 0.333 e. The SMILES string of the molecule is c1ccc(-c2cc(-c3ccccc3)cc(N3c4cc5cc6c(cc5cc4B4c5c3cc3ccccc3c5-c3cc5ccccc5c5c7ccccc7n4c35)c3ccccc3c3c(-c4ccc5c(c4)oc4c7c8c(cc45)N(c4cc(-c5ccccc5)cc(-c5ccccc5)c4)c4cc5cc9c%10ccccc%10c%10ccccc%10c9cc5cc4B8n4c5ccccc5c5c8ccccc8cc-7c54)cccc63)c2)cc1. The molecule has 7 heterocycles. The second kappa shape index (κ2) is 28.2. The minimum atomic E-state index is -0.306. The largest absolute Gasteiger partial charge is 0.455 e. The van der Waals surface area contributed by atoms with Gasteiger partial charge in [-0.1, -0.05) is 340 Å². The Kier molecular flexibility index (Phi) is 15.2. The average Bonchev–Trinajstić information content (AvgIpc) is 1.57. The van der Waals surface area contributed by atoms with Crippen LogP contribution in [-0.4, -0.2) is 22.7 Å². The molecule has 26 aromatic carbocycles. The van der Waals surface area contributed by atoms with E-state index in [0.29, 0.717) is 0 Å². The molecule has 0 spiro atoms. The molecule has 4 aliphatic heterocycles. The molecule has 0 aliphatic carbocycles. The zero-order valence-electron chi connectivity index (χ0n) is 76.2. The predicted octanol–water partition coefficient (Wildman–Crippen LogP) is 33.7. The molecule has 0 N–H and O–H groups in total. The third-order valence-electron chi connectivity index (χ3n) is 32.3. The van der Waals surface area contributed by atoms with Crippen LogP contribution in [0, 0.1) is 0 Å². The van der Waals surface area contributed by atoms with E-state index >= 15 is 0 Å². The van der Waals surface area contributed by atoms with Crippen molar-refractivity contribution in [1.82, 2.24) is 8.96 Å². The molecule has 7 heteroatoms. The summed E-state index contributed by atoms with van der Waals surface area (Å²) < 4.78 is 13.5. The van der Waals surface area contributed by atoms with Gasteiger partial charge in [-0.15, -0.1) is 0 Å². The van der Waals surface area contributed by atoms with Crippen molar-refractivity contribution in [2.75, 3.05) is 9.80 Å². The van der Waals surface area contributed by atoms with Gasteiger partial charge in [0.15, 0.2) is 0 Å². The minimum absolute atomic E-state index is 0.212. The van der Waals surface area contributed by atoms with Gasteiger partial charge in [0, 0.05) is 105 Å². The first-order valence-electron chi connectivity index (χ1n) is 49.2. The van der Waals surface area contributed by atoms with Gasteiger partial charge in [0.1, 0.15) is 11.2 Å². The zero-order chi connectivity index (χ0) is 91.4. The number of fused-ring (bicyclic) bond motifs is 38. The van der Waals surface area contributed by atoms with Crippen molar-refractivity contribution in [1.29, 1.82) is 0 Å². The summed E-state index contributed by atoms with van der Waals surface area (Å²) in [6.07, 6.45) is 0. The van der Waals surface area contributed by atoms with Crippen LogP contribution in [-0.2, 0) is 0 Å². The van der Waals surface area contributed by atoms with Crippen LogP contribution in [0.3, 0.4) is 0 Å². The summed E-state index contributed by atoms with van der Waals surface area (Å²) in [4.78, 5) is 5.30. The van der Waals surface area contributed by atoms with Crippen molar-refractivity contribution >= 4 is 254 Å². The molecule has 5 nitrogen and oxygen atoms in total. The second-order valence-corrected chi connectivity index (χ2v) is 39.4. The lowest BCUT2D eigenvalue weighted by Gasteiger charge is -2.41. The highest BCUT2D eigenvalue weighted by molar-refractivity contribution is 6.92. The fourth-order valence-corrected chi connectivity index (χ4v) is 26.5. The Balaban J connectivity index is 0.633. The average molecular weight is 1780 g/mol. The first-order valence-corrected chi connectivity index (χ1v) is 49.2. The fourth-order valence-electron chi connectivity index (χ4n) is 26.5. The Morgan fingerprint density at radius 3 is 1.02 bits per heavy atom. The maximum absolute atomic E-state index is 8.06. The van der Waals surface area contributed by atoms with E-state index in [1.165, 1.54) is 207 Å². The summed E-state index contributed by atoms with van der Waals surface area (Å²) >= 11 is 0. The van der Waals surface area contributed by atoms with E-state index in [9.17, 15) is 0 Å². The number of rotatable bonds is 7. The van der Waals surface area contributed by atoms with Crippen LogP contribution < -0.4 is 31.7 Å². The first-order chi connectivity index (χ1) is 69.9. The first kappa shape index (κ1) is 75.9. The fraction of sp³-hybridized carbons (Fsp3) is 0. The van der Waals surface area contributed by atoms with Crippen LogP contribution in [0.1, 0.15) is 0 Å². The molecule has 0 atom stereocenters. The van der Waals surface area contributed by atoms with Crippen molar-refractivity contribution in [3.8, 4) is 77.9 Å². The second-order valence-electron chi connectivity index (χ2n) is 39.4. The summed E-state index contributed by atoms with van der Waals surface area (Å²) in [6.45, 7) is -0.518. The molecule has 0 saturated heterocycles. The summed E-state index contributed by atoms with van der Waals surface area (Å²) in [5.41, 5.74) is 34.7. The Morgan fingerprint density at radius 2 is 0.539 bits per heavy atom. The molecule has 4 aliphatic rings. The minimum Gasteiger partial charge on any atom is -0.455 e. The van der Waals surface area contributed by atoms with Crippen molar-refractivity contribution in [2.24, 2.45) is 0 Å². The number of para-hydroxylation sites is 2. The lowest BCUT2D eigenvalue weighted by molar-refractivity contribution is 0.670. The highest BCUT2D eigenvalue weighted by Gasteiger charge is 2.48. The lowest BCUT2D eigenvalue weighted by Crippen LogP contribution is -2.56. The molecule has 0 amide bonds. The lowest BCUT2D eigenvalue weighted by atomic mass is 9.44. The van der Waals surface area contributed by atoms with Crippen molar-refractivity contribution in [3.05, 3.63) is 461 Å². The van der Waals surface area contributed by atoms with E-state index in [0.717, 1.165) is 111 Å².